The Bertz CT molecular complexity index is 586. The first-order chi connectivity index (χ1) is 12.0. The molecule has 2 N–H and O–H groups in total. The first-order valence-corrected chi connectivity index (χ1v) is 9.42. The molecule has 0 aliphatic carbocycles. The molecule has 138 valence electrons. The van der Waals surface area contributed by atoms with Crippen molar-refractivity contribution in [1.29, 1.82) is 0 Å². The molecular formula is C19H29N3O2S. The molecule has 25 heavy (non-hydrogen) atoms. The van der Waals surface area contributed by atoms with Crippen LogP contribution in [0.5, 0.6) is 0 Å². The minimum atomic E-state index is -0.0797. The van der Waals surface area contributed by atoms with Crippen molar-refractivity contribution in [3.8, 4) is 0 Å². The van der Waals surface area contributed by atoms with E-state index in [1.165, 1.54) is 0 Å². The molecule has 2 amide bonds. The minimum absolute atomic E-state index is 0.0143. The number of thiocarbonyl (C=S) groups is 1. The second-order valence-electron chi connectivity index (χ2n) is 5.87. The van der Waals surface area contributed by atoms with Gasteiger partial charge in [-0.15, -0.1) is 0 Å². The van der Waals surface area contributed by atoms with Crippen LogP contribution in [-0.4, -0.2) is 34.9 Å². The van der Waals surface area contributed by atoms with Gasteiger partial charge in [0.1, 0.15) is 0 Å². The van der Waals surface area contributed by atoms with E-state index in [1.807, 2.05) is 19.9 Å². The van der Waals surface area contributed by atoms with E-state index in [4.69, 9.17) is 12.2 Å². The van der Waals surface area contributed by atoms with Gasteiger partial charge in [0.2, 0.25) is 5.91 Å². The number of rotatable bonds is 9. The lowest BCUT2D eigenvalue weighted by Crippen LogP contribution is -2.34. The van der Waals surface area contributed by atoms with Gasteiger partial charge in [-0.25, -0.2) is 0 Å². The zero-order valence-corrected chi connectivity index (χ0v) is 16.2. The molecule has 0 aliphatic heterocycles. The normalized spacial score (nSPS) is 10.2. The summed E-state index contributed by atoms with van der Waals surface area (Å²) in [5.41, 5.74) is 1.29. The number of amides is 2. The molecule has 0 unspecified atom stereocenters. The Labute approximate surface area is 156 Å². The van der Waals surface area contributed by atoms with Gasteiger partial charge < -0.3 is 15.5 Å². The number of carbonyl (C=O) groups is 2. The third-order valence-corrected chi connectivity index (χ3v) is 4.13. The lowest BCUT2D eigenvalue weighted by molar-refractivity contribution is -0.119. The quantitative estimate of drug-likeness (QED) is 0.515. The van der Waals surface area contributed by atoms with Crippen LogP contribution in [0.15, 0.2) is 24.3 Å². The van der Waals surface area contributed by atoms with Gasteiger partial charge in [-0.05, 0) is 50.7 Å². The molecule has 0 radical (unpaired) electrons. The maximum Gasteiger partial charge on any atom is 0.253 e. The Morgan fingerprint density at radius 2 is 1.80 bits per heavy atom. The van der Waals surface area contributed by atoms with Crippen molar-refractivity contribution >= 4 is 34.8 Å². The number of hydrogen-bond donors (Lipinski definition) is 2. The summed E-state index contributed by atoms with van der Waals surface area (Å²) < 4.78 is 0. The van der Waals surface area contributed by atoms with Crippen LogP contribution in [0.3, 0.4) is 0 Å². The van der Waals surface area contributed by atoms with Crippen LogP contribution >= 0.6 is 12.2 Å². The number of hydrogen-bond acceptors (Lipinski definition) is 3. The molecule has 0 fully saturated rings. The van der Waals surface area contributed by atoms with Crippen LogP contribution < -0.4 is 10.6 Å². The Hall–Kier alpha value is -1.95. The summed E-state index contributed by atoms with van der Waals surface area (Å²) in [6, 6.07) is 7.15. The van der Waals surface area contributed by atoms with Gasteiger partial charge in [0, 0.05) is 30.8 Å². The number of anilines is 1. The van der Waals surface area contributed by atoms with E-state index in [2.05, 4.69) is 17.6 Å². The number of nitrogens with one attached hydrogen (secondary N) is 2. The van der Waals surface area contributed by atoms with Gasteiger partial charge in [0.15, 0.2) is 5.11 Å². The molecule has 0 atom stereocenters. The summed E-state index contributed by atoms with van der Waals surface area (Å²) in [5.74, 6) is -0.0940. The molecule has 0 aromatic heterocycles. The van der Waals surface area contributed by atoms with Crippen molar-refractivity contribution < 1.29 is 9.59 Å². The molecule has 6 heteroatoms. The van der Waals surface area contributed by atoms with E-state index in [1.54, 1.807) is 23.1 Å². The van der Waals surface area contributed by atoms with Gasteiger partial charge >= 0.3 is 0 Å². The molecular weight excluding hydrogens is 334 g/mol. The lowest BCUT2D eigenvalue weighted by Gasteiger charge is -2.19. The Balaban J connectivity index is 2.56. The monoisotopic (exact) mass is 363 g/mol. The molecule has 0 aliphatic rings. The highest BCUT2D eigenvalue weighted by Crippen LogP contribution is 2.13. The maximum absolute atomic E-state index is 12.4. The van der Waals surface area contributed by atoms with Crippen molar-refractivity contribution in [2.24, 2.45) is 0 Å². The first-order valence-electron chi connectivity index (χ1n) is 9.01. The van der Waals surface area contributed by atoms with Gasteiger partial charge in [-0.1, -0.05) is 32.3 Å². The van der Waals surface area contributed by atoms with E-state index >= 15 is 0 Å². The standard InChI is InChI=1S/C19H29N3O2S/c1-4-7-8-9-13-17(23)21-19(25)20-16-12-10-11-15(14-16)18(24)22(5-2)6-3/h10-12,14H,4-9,13H2,1-3H3,(H2,20,21,23,25). The number of benzene rings is 1. The van der Waals surface area contributed by atoms with Crippen LogP contribution in [0, 0.1) is 0 Å². The predicted molar refractivity (Wildman–Crippen MR) is 107 cm³/mol. The second-order valence-corrected chi connectivity index (χ2v) is 6.28. The lowest BCUT2D eigenvalue weighted by atomic mass is 10.1. The molecule has 0 spiro atoms. The minimum Gasteiger partial charge on any atom is -0.339 e. The zero-order chi connectivity index (χ0) is 18.7. The number of nitrogens with zero attached hydrogens (tertiary/aromatic N) is 1. The molecule has 1 aromatic carbocycles. The third-order valence-electron chi connectivity index (χ3n) is 3.93. The average Bonchev–Trinajstić information content (AvgIpc) is 2.59. The van der Waals surface area contributed by atoms with E-state index in [0.717, 1.165) is 25.7 Å². The smallest absolute Gasteiger partial charge is 0.253 e. The summed E-state index contributed by atoms with van der Waals surface area (Å²) in [5, 5.41) is 5.92. The van der Waals surface area contributed by atoms with Crippen molar-refractivity contribution in [3.63, 3.8) is 0 Å². The van der Waals surface area contributed by atoms with Crippen molar-refractivity contribution in [3.05, 3.63) is 29.8 Å². The maximum atomic E-state index is 12.4. The van der Waals surface area contributed by atoms with Crippen molar-refractivity contribution in [2.45, 2.75) is 52.9 Å². The Morgan fingerprint density at radius 3 is 2.44 bits per heavy atom. The van der Waals surface area contributed by atoms with Crippen LogP contribution in [0.1, 0.15) is 63.2 Å². The number of carbonyl (C=O) groups excluding carboxylic acids is 2. The third kappa shape index (κ3) is 7.65. The van der Waals surface area contributed by atoms with E-state index in [9.17, 15) is 9.59 Å². The zero-order valence-electron chi connectivity index (χ0n) is 15.4. The molecule has 1 aromatic rings. The van der Waals surface area contributed by atoms with Crippen molar-refractivity contribution in [2.75, 3.05) is 18.4 Å². The van der Waals surface area contributed by atoms with Gasteiger partial charge in [-0.3, -0.25) is 9.59 Å². The first kappa shape index (κ1) is 21.1. The summed E-state index contributed by atoms with van der Waals surface area (Å²) in [7, 11) is 0. The topological polar surface area (TPSA) is 61.4 Å². The van der Waals surface area contributed by atoms with Crippen LogP contribution in [0.25, 0.3) is 0 Å². The van der Waals surface area contributed by atoms with E-state index < -0.39 is 0 Å². The number of unbranched alkanes of at least 4 members (excludes halogenated alkanes) is 3. The highest BCUT2D eigenvalue weighted by molar-refractivity contribution is 7.80. The van der Waals surface area contributed by atoms with Gasteiger partial charge in [0.25, 0.3) is 5.91 Å². The largest absolute Gasteiger partial charge is 0.339 e. The molecule has 1 rings (SSSR count). The van der Waals surface area contributed by atoms with Gasteiger partial charge in [0.05, 0.1) is 0 Å². The summed E-state index contributed by atoms with van der Waals surface area (Å²) in [6.45, 7) is 7.38. The van der Waals surface area contributed by atoms with Crippen molar-refractivity contribution in [1.82, 2.24) is 10.2 Å². The average molecular weight is 364 g/mol. The fourth-order valence-electron chi connectivity index (χ4n) is 2.49. The van der Waals surface area contributed by atoms with E-state index in [0.29, 0.717) is 30.8 Å². The predicted octanol–water partition coefficient (Wildman–Crippen LogP) is 3.95. The second kappa shape index (κ2) is 11.6. The SMILES string of the molecule is CCCCCCC(=O)NC(=S)Nc1cccc(C(=O)N(CC)CC)c1. The fourth-order valence-corrected chi connectivity index (χ4v) is 2.72. The molecule has 0 saturated carbocycles. The van der Waals surface area contributed by atoms with Crippen LogP contribution in [0.4, 0.5) is 5.69 Å². The van der Waals surface area contributed by atoms with Crippen LogP contribution in [-0.2, 0) is 4.79 Å². The van der Waals surface area contributed by atoms with Crippen LogP contribution in [0.2, 0.25) is 0 Å². The Kier molecular flexibility index (Phi) is 9.77. The van der Waals surface area contributed by atoms with E-state index in [-0.39, 0.29) is 16.9 Å². The molecule has 0 heterocycles. The fraction of sp³-hybridized carbons (Fsp3) is 0.526. The van der Waals surface area contributed by atoms with Gasteiger partial charge in [-0.2, -0.15) is 0 Å². The summed E-state index contributed by atoms with van der Waals surface area (Å²) in [6.07, 6.45) is 4.69. The molecule has 5 nitrogen and oxygen atoms in total. The highest BCUT2D eigenvalue weighted by atomic mass is 32.1. The molecule has 0 bridgehead atoms. The molecule has 0 saturated heterocycles. The summed E-state index contributed by atoms with van der Waals surface area (Å²) >= 11 is 5.18. The Morgan fingerprint density at radius 1 is 1.08 bits per heavy atom. The summed E-state index contributed by atoms with van der Waals surface area (Å²) in [4.78, 5) is 26.0. The highest BCUT2D eigenvalue weighted by Gasteiger charge is 2.13.